The van der Waals surface area contributed by atoms with Crippen molar-refractivity contribution >= 4 is 10.0 Å². The molecule has 1 aromatic rings. The summed E-state index contributed by atoms with van der Waals surface area (Å²) in [6.45, 7) is 5.68. The normalized spacial score (nSPS) is 29.1. The molecule has 1 aromatic heterocycles. The van der Waals surface area contributed by atoms with E-state index in [4.69, 9.17) is 4.52 Å². The number of nitrogens with zero attached hydrogens (tertiary/aromatic N) is 1. The molecule has 2 bridgehead atoms. The molecule has 0 saturated heterocycles. The van der Waals surface area contributed by atoms with Crippen LogP contribution in [0, 0.1) is 25.2 Å². The van der Waals surface area contributed by atoms with E-state index >= 15 is 0 Å². The number of sulfonamides is 1. The van der Waals surface area contributed by atoms with Gasteiger partial charge in [-0.3, -0.25) is 0 Å². The molecule has 0 radical (unpaired) electrons. The molecule has 0 aliphatic heterocycles. The van der Waals surface area contributed by atoms with Gasteiger partial charge in [0.2, 0.25) is 10.0 Å². The van der Waals surface area contributed by atoms with E-state index in [-0.39, 0.29) is 17.2 Å². The number of fused-ring (bicyclic) bond motifs is 2. The molecule has 0 amide bonds. The quantitative estimate of drug-likeness (QED) is 0.871. The van der Waals surface area contributed by atoms with Crippen molar-refractivity contribution in [2.24, 2.45) is 11.3 Å². The predicted octanol–water partition coefficient (Wildman–Crippen LogP) is 3.24. The lowest BCUT2D eigenvalue weighted by Gasteiger charge is -2.27. The second-order valence-corrected chi connectivity index (χ2v) is 8.98. The molecule has 1 N–H and O–H groups in total. The Morgan fingerprint density at radius 3 is 2.50 bits per heavy atom. The van der Waals surface area contributed by atoms with Gasteiger partial charge in [-0.25, -0.2) is 13.1 Å². The summed E-state index contributed by atoms with van der Waals surface area (Å²) < 4.78 is 33.5. The highest BCUT2D eigenvalue weighted by molar-refractivity contribution is 7.89. The SMILES string of the molecule is CCC(NS(=O)(=O)CC12CCC(CC1)C2)c1c(C)noc1C. The average Bonchev–Trinajstić information content (AvgIpc) is 3.11. The molecule has 3 rings (SSSR count). The van der Waals surface area contributed by atoms with Crippen molar-refractivity contribution in [2.45, 2.75) is 65.3 Å². The zero-order valence-corrected chi connectivity index (χ0v) is 14.5. The van der Waals surface area contributed by atoms with Crippen LogP contribution in [0.3, 0.4) is 0 Å². The van der Waals surface area contributed by atoms with Gasteiger partial charge in [-0.15, -0.1) is 0 Å². The third kappa shape index (κ3) is 2.95. The molecule has 22 heavy (non-hydrogen) atoms. The minimum Gasteiger partial charge on any atom is -0.361 e. The Morgan fingerprint density at radius 1 is 1.36 bits per heavy atom. The molecular weight excluding hydrogens is 300 g/mol. The zero-order valence-electron chi connectivity index (χ0n) is 13.7. The summed E-state index contributed by atoms with van der Waals surface area (Å²) in [5.74, 6) is 1.74. The van der Waals surface area contributed by atoms with Crippen molar-refractivity contribution in [1.29, 1.82) is 0 Å². The van der Waals surface area contributed by atoms with Gasteiger partial charge >= 0.3 is 0 Å². The summed E-state index contributed by atoms with van der Waals surface area (Å²) in [6, 6.07) is -0.244. The van der Waals surface area contributed by atoms with Gasteiger partial charge in [0.05, 0.1) is 17.5 Å². The lowest BCUT2D eigenvalue weighted by molar-refractivity contribution is 0.332. The Labute approximate surface area is 132 Å². The summed E-state index contributed by atoms with van der Waals surface area (Å²) in [5, 5.41) is 3.94. The fourth-order valence-electron chi connectivity index (χ4n) is 4.51. The van der Waals surface area contributed by atoms with E-state index in [2.05, 4.69) is 9.88 Å². The summed E-state index contributed by atoms with van der Waals surface area (Å²) in [4.78, 5) is 0. The Kier molecular flexibility index (Phi) is 4.10. The van der Waals surface area contributed by atoms with Crippen molar-refractivity contribution in [3.8, 4) is 0 Å². The van der Waals surface area contributed by atoms with Crippen LogP contribution >= 0.6 is 0 Å². The van der Waals surface area contributed by atoms with Crippen LogP contribution in [-0.4, -0.2) is 19.3 Å². The largest absolute Gasteiger partial charge is 0.361 e. The van der Waals surface area contributed by atoms with Gasteiger partial charge in [0.25, 0.3) is 0 Å². The Balaban J connectivity index is 1.75. The van der Waals surface area contributed by atoms with Gasteiger partial charge < -0.3 is 4.52 Å². The Hall–Kier alpha value is -0.880. The van der Waals surface area contributed by atoms with E-state index in [0.717, 1.165) is 36.4 Å². The van der Waals surface area contributed by atoms with E-state index in [1.807, 2.05) is 20.8 Å². The van der Waals surface area contributed by atoms with Crippen molar-refractivity contribution in [3.05, 3.63) is 17.0 Å². The lowest BCUT2D eigenvalue weighted by atomic mass is 9.87. The lowest BCUT2D eigenvalue weighted by Crippen LogP contribution is -2.37. The molecule has 124 valence electrons. The van der Waals surface area contributed by atoms with Gasteiger partial charge in [0.1, 0.15) is 5.76 Å². The van der Waals surface area contributed by atoms with E-state index in [9.17, 15) is 8.42 Å². The van der Waals surface area contributed by atoms with Crippen LogP contribution in [0.15, 0.2) is 4.52 Å². The van der Waals surface area contributed by atoms with E-state index in [1.54, 1.807) is 0 Å². The maximum Gasteiger partial charge on any atom is 0.212 e. The number of hydrogen-bond acceptors (Lipinski definition) is 4. The molecule has 2 saturated carbocycles. The highest BCUT2D eigenvalue weighted by Gasteiger charge is 2.47. The van der Waals surface area contributed by atoms with Crippen LogP contribution in [0.2, 0.25) is 0 Å². The van der Waals surface area contributed by atoms with Crippen molar-refractivity contribution in [2.75, 3.05) is 5.75 Å². The molecule has 1 unspecified atom stereocenters. The number of aromatic nitrogens is 1. The maximum atomic E-state index is 12.7. The first-order valence-corrected chi connectivity index (χ1v) is 9.92. The van der Waals surface area contributed by atoms with Gasteiger partial charge in [-0.1, -0.05) is 12.1 Å². The van der Waals surface area contributed by atoms with Crippen LogP contribution in [0.1, 0.15) is 68.5 Å². The number of hydrogen-bond donors (Lipinski definition) is 1. The molecule has 6 heteroatoms. The van der Waals surface area contributed by atoms with Crippen LogP contribution in [0.4, 0.5) is 0 Å². The molecule has 2 fully saturated rings. The van der Waals surface area contributed by atoms with Gasteiger partial charge in [-0.2, -0.15) is 0 Å². The zero-order chi connectivity index (χ0) is 16.0. The third-order valence-corrected chi connectivity index (χ3v) is 7.19. The summed E-state index contributed by atoms with van der Waals surface area (Å²) >= 11 is 0. The summed E-state index contributed by atoms with van der Waals surface area (Å²) in [7, 11) is -3.30. The highest BCUT2D eigenvalue weighted by atomic mass is 32.2. The Morgan fingerprint density at radius 2 is 2.05 bits per heavy atom. The van der Waals surface area contributed by atoms with Crippen LogP contribution in [0.5, 0.6) is 0 Å². The van der Waals surface area contributed by atoms with Gasteiger partial charge in [0, 0.05) is 5.56 Å². The van der Waals surface area contributed by atoms with Crippen molar-refractivity contribution in [1.82, 2.24) is 9.88 Å². The van der Waals surface area contributed by atoms with E-state index in [0.29, 0.717) is 12.2 Å². The fourth-order valence-corrected chi connectivity index (χ4v) is 6.52. The summed E-state index contributed by atoms with van der Waals surface area (Å²) in [6.07, 6.45) is 6.34. The minimum absolute atomic E-state index is 0.0352. The molecule has 2 aliphatic carbocycles. The first-order chi connectivity index (χ1) is 10.3. The summed E-state index contributed by atoms with van der Waals surface area (Å²) in [5.41, 5.74) is 1.69. The van der Waals surface area contributed by atoms with Gasteiger partial charge in [-0.05, 0) is 63.7 Å². The maximum absolute atomic E-state index is 12.7. The fraction of sp³-hybridized carbons (Fsp3) is 0.812. The van der Waals surface area contributed by atoms with Gasteiger partial charge in [0.15, 0.2) is 0 Å². The smallest absolute Gasteiger partial charge is 0.212 e. The van der Waals surface area contributed by atoms with Crippen LogP contribution < -0.4 is 4.72 Å². The second kappa shape index (κ2) is 5.64. The van der Waals surface area contributed by atoms with Crippen LogP contribution in [-0.2, 0) is 10.0 Å². The topological polar surface area (TPSA) is 72.2 Å². The second-order valence-electron chi connectivity index (χ2n) is 7.22. The van der Waals surface area contributed by atoms with Crippen molar-refractivity contribution < 1.29 is 12.9 Å². The molecule has 2 aliphatic rings. The first kappa shape index (κ1) is 16.0. The number of aryl methyl sites for hydroxylation is 2. The minimum atomic E-state index is -3.30. The van der Waals surface area contributed by atoms with Crippen molar-refractivity contribution in [3.63, 3.8) is 0 Å². The molecule has 1 atom stereocenters. The standard InChI is InChI=1S/C16H26N2O3S/c1-4-14(15-11(2)17-21-12(15)3)18-22(19,20)10-16-7-5-13(9-16)6-8-16/h13-14,18H,4-10H2,1-3H3. The van der Waals surface area contributed by atoms with E-state index in [1.165, 1.54) is 12.8 Å². The highest BCUT2D eigenvalue weighted by Crippen LogP contribution is 2.54. The van der Waals surface area contributed by atoms with E-state index < -0.39 is 10.0 Å². The first-order valence-electron chi connectivity index (χ1n) is 8.27. The molecule has 5 nitrogen and oxygen atoms in total. The number of rotatable bonds is 6. The molecular formula is C16H26N2O3S. The molecule has 0 aromatic carbocycles. The van der Waals surface area contributed by atoms with Crippen LogP contribution in [0.25, 0.3) is 0 Å². The molecule has 1 heterocycles. The Bertz CT molecular complexity index is 623. The monoisotopic (exact) mass is 326 g/mol. The average molecular weight is 326 g/mol. The third-order valence-electron chi connectivity index (χ3n) is 5.55. The molecule has 0 spiro atoms. The number of nitrogens with one attached hydrogen (secondary N) is 1. The predicted molar refractivity (Wildman–Crippen MR) is 84.9 cm³/mol.